The van der Waals surface area contributed by atoms with E-state index >= 15 is 0 Å². The standard InChI is InChI=1S/C10H13N3O2S/c1-7(16(11,14)15)10-12-8-5-3-4-6-9(8)13(10)2/h3-7H,1-2H3,(H2,11,14,15). The number of aromatic nitrogens is 2. The highest BCUT2D eigenvalue weighted by Gasteiger charge is 2.23. The highest BCUT2D eigenvalue weighted by Crippen LogP contribution is 2.22. The van der Waals surface area contributed by atoms with Gasteiger partial charge in [0.1, 0.15) is 11.1 Å². The molecule has 0 saturated heterocycles. The first-order valence-corrected chi connectivity index (χ1v) is 6.45. The van der Waals surface area contributed by atoms with Crippen LogP contribution in [0.25, 0.3) is 11.0 Å². The predicted molar refractivity (Wildman–Crippen MR) is 62.2 cm³/mol. The van der Waals surface area contributed by atoms with Crippen LogP contribution >= 0.6 is 0 Å². The van der Waals surface area contributed by atoms with Crippen LogP contribution in [0.2, 0.25) is 0 Å². The van der Waals surface area contributed by atoms with Crippen LogP contribution in [0.15, 0.2) is 24.3 Å². The zero-order valence-electron chi connectivity index (χ0n) is 9.08. The van der Waals surface area contributed by atoms with E-state index in [9.17, 15) is 8.42 Å². The van der Waals surface area contributed by atoms with Crippen molar-refractivity contribution in [3.63, 3.8) is 0 Å². The molecule has 0 aliphatic carbocycles. The molecule has 0 saturated carbocycles. The Morgan fingerprint density at radius 3 is 2.56 bits per heavy atom. The molecule has 1 aromatic carbocycles. The lowest BCUT2D eigenvalue weighted by Gasteiger charge is -2.08. The monoisotopic (exact) mass is 239 g/mol. The van der Waals surface area contributed by atoms with Crippen LogP contribution in [-0.2, 0) is 17.1 Å². The number of rotatable bonds is 2. The lowest BCUT2D eigenvalue weighted by atomic mass is 10.3. The van der Waals surface area contributed by atoms with Crippen molar-refractivity contribution >= 4 is 21.1 Å². The van der Waals surface area contributed by atoms with Gasteiger partial charge in [0.2, 0.25) is 10.0 Å². The van der Waals surface area contributed by atoms with Crippen LogP contribution in [-0.4, -0.2) is 18.0 Å². The van der Waals surface area contributed by atoms with Gasteiger partial charge >= 0.3 is 0 Å². The molecule has 0 radical (unpaired) electrons. The molecule has 86 valence electrons. The van der Waals surface area contributed by atoms with E-state index in [4.69, 9.17) is 5.14 Å². The van der Waals surface area contributed by atoms with Crippen LogP contribution in [0.4, 0.5) is 0 Å². The van der Waals surface area contributed by atoms with E-state index in [1.807, 2.05) is 24.3 Å². The van der Waals surface area contributed by atoms with E-state index in [1.54, 1.807) is 11.6 Å². The van der Waals surface area contributed by atoms with Crippen molar-refractivity contribution in [3.05, 3.63) is 30.1 Å². The van der Waals surface area contributed by atoms with Crippen LogP contribution < -0.4 is 5.14 Å². The molecule has 1 heterocycles. The largest absolute Gasteiger partial charge is 0.330 e. The summed E-state index contributed by atoms with van der Waals surface area (Å²) in [6.45, 7) is 1.54. The number of sulfonamides is 1. The normalized spacial score (nSPS) is 14.2. The Bertz CT molecular complexity index is 631. The summed E-state index contributed by atoms with van der Waals surface area (Å²) >= 11 is 0. The minimum Gasteiger partial charge on any atom is -0.330 e. The van der Waals surface area contributed by atoms with Gasteiger partial charge in [-0.25, -0.2) is 18.5 Å². The fraction of sp³-hybridized carbons (Fsp3) is 0.300. The minimum absolute atomic E-state index is 0.462. The second-order valence-electron chi connectivity index (χ2n) is 3.75. The summed E-state index contributed by atoms with van der Waals surface area (Å²) in [4.78, 5) is 4.28. The Hall–Kier alpha value is -1.40. The van der Waals surface area contributed by atoms with Crippen molar-refractivity contribution in [3.8, 4) is 0 Å². The zero-order chi connectivity index (χ0) is 11.9. The van der Waals surface area contributed by atoms with E-state index < -0.39 is 15.3 Å². The van der Waals surface area contributed by atoms with Crippen molar-refractivity contribution in [1.29, 1.82) is 0 Å². The summed E-state index contributed by atoms with van der Waals surface area (Å²) in [7, 11) is -1.83. The number of aryl methyl sites for hydroxylation is 1. The quantitative estimate of drug-likeness (QED) is 0.846. The third-order valence-corrected chi connectivity index (χ3v) is 3.87. The fourth-order valence-electron chi connectivity index (χ4n) is 1.67. The maximum atomic E-state index is 11.3. The predicted octanol–water partition coefficient (Wildman–Crippen LogP) is 0.923. The highest BCUT2D eigenvalue weighted by atomic mass is 32.2. The Morgan fingerprint density at radius 1 is 1.38 bits per heavy atom. The zero-order valence-corrected chi connectivity index (χ0v) is 9.90. The van der Waals surface area contributed by atoms with Crippen molar-refractivity contribution in [2.24, 2.45) is 12.2 Å². The smallest absolute Gasteiger partial charge is 0.218 e. The number of imidazole rings is 1. The van der Waals surface area contributed by atoms with Gasteiger partial charge < -0.3 is 4.57 Å². The molecule has 2 N–H and O–H groups in total. The van der Waals surface area contributed by atoms with E-state index in [1.165, 1.54) is 6.92 Å². The second-order valence-corrected chi connectivity index (χ2v) is 5.63. The molecule has 6 heteroatoms. The molecular formula is C10H13N3O2S. The number of primary sulfonamides is 1. The first-order chi connectivity index (χ1) is 7.41. The molecule has 1 unspecified atom stereocenters. The van der Waals surface area contributed by atoms with Crippen molar-refractivity contribution in [2.45, 2.75) is 12.2 Å². The summed E-state index contributed by atoms with van der Waals surface area (Å²) in [5, 5.41) is 4.32. The fourth-order valence-corrected chi connectivity index (χ4v) is 2.18. The third kappa shape index (κ3) is 1.70. The number of nitrogens with zero attached hydrogens (tertiary/aromatic N) is 2. The average Bonchev–Trinajstić information content (AvgIpc) is 2.54. The summed E-state index contributed by atoms with van der Waals surface area (Å²) in [5.74, 6) is 0.462. The SMILES string of the molecule is CC(c1nc2ccccc2n1C)S(N)(=O)=O. The lowest BCUT2D eigenvalue weighted by Crippen LogP contribution is -2.21. The molecule has 0 fully saturated rings. The molecule has 2 rings (SSSR count). The number of fused-ring (bicyclic) bond motifs is 1. The number of benzene rings is 1. The maximum absolute atomic E-state index is 11.3. The van der Waals surface area contributed by atoms with E-state index in [0.717, 1.165) is 11.0 Å². The molecule has 2 aromatic rings. The molecule has 0 bridgehead atoms. The van der Waals surface area contributed by atoms with E-state index in [0.29, 0.717) is 5.82 Å². The highest BCUT2D eigenvalue weighted by molar-refractivity contribution is 7.89. The molecule has 5 nitrogen and oxygen atoms in total. The minimum atomic E-state index is -3.61. The molecular weight excluding hydrogens is 226 g/mol. The summed E-state index contributed by atoms with van der Waals surface area (Å²) in [6.07, 6.45) is 0. The van der Waals surface area contributed by atoms with Gasteiger partial charge in [-0.1, -0.05) is 12.1 Å². The van der Waals surface area contributed by atoms with E-state index in [2.05, 4.69) is 4.98 Å². The topological polar surface area (TPSA) is 78.0 Å². The van der Waals surface area contributed by atoms with Gasteiger partial charge in [0.25, 0.3) is 0 Å². The van der Waals surface area contributed by atoms with Gasteiger partial charge in [0, 0.05) is 7.05 Å². The Morgan fingerprint density at radius 2 is 2.00 bits per heavy atom. The molecule has 1 atom stereocenters. The second kappa shape index (κ2) is 3.57. The number of hydrogen-bond acceptors (Lipinski definition) is 3. The molecule has 0 spiro atoms. The van der Waals surface area contributed by atoms with E-state index in [-0.39, 0.29) is 0 Å². The van der Waals surface area contributed by atoms with Crippen molar-refractivity contribution < 1.29 is 8.42 Å². The molecule has 1 aromatic heterocycles. The van der Waals surface area contributed by atoms with Crippen molar-refractivity contribution in [2.75, 3.05) is 0 Å². The Labute approximate surface area is 93.9 Å². The first kappa shape index (κ1) is 11.1. The van der Waals surface area contributed by atoms with Crippen LogP contribution in [0, 0.1) is 0 Å². The molecule has 16 heavy (non-hydrogen) atoms. The molecule has 0 aliphatic rings. The van der Waals surface area contributed by atoms with Gasteiger partial charge in [-0.2, -0.15) is 0 Å². The van der Waals surface area contributed by atoms with Crippen LogP contribution in [0.3, 0.4) is 0 Å². The summed E-state index contributed by atoms with van der Waals surface area (Å²) in [6, 6.07) is 7.48. The third-order valence-electron chi connectivity index (χ3n) is 2.68. The lowest BCUT2D eigenvalue weighted by molar-refractivity contribution is 0.582. The van der Waals surface area contributed by atoms with Gasteiger partial charge in [-0.15, -0.1) is 0 Å². The average molecular weight is 239 g/mol. The first-order valence-electron chi connectivity index (χ1n) is 4.84. The maximum Gasteiger partial charge on any atom is 0.218 e. The van der Waals surface area contributed by atoms with Gasteiger partial charge in [-0.3, -0.25) is 0 Å². The van der Waals surface area contributed by atoms with Gasteiger partial charge in [-0.05, 0) is 19.1 Å². The van der Waals surface area contributed by atoms with Gasteiger partial charge in [0.15, 0.2) is 0 Å². The van der Waals surface area contributed by atoms with Crippen LogP contribution in [0.1, 0.15) is 18.0 Å². The summed E-state index contributed by atoms with van der Waals surface area (Å²) in [5.41, 5.74) is 1.67. The number of para-hydroxylation sites is 2. The van der Waals surface area contributed by atoms with Gasteiger partial charge in [0.05, 0.1) is 11.0 Å². The Kier molecular flexibility index (Phi) is 2.47. The molecule has 0 aliphatic heterocycles. The summed E-state index contributed by atoms with van der Waals surface area (Å²) < 4.78 is 24.3. The van der Waals surface area contributed by atoms with Crippen molar-refractivity contribution in [1.82, 2.24) is 9.55 Å². The van der Waals surface area contributed by atoms with Crippen LogP contribution in [0.5, 0.6) is 0 Å². The Balaban J connectivity index is 2.67. The number of nitrogens with two attached hydrogens (primary N) is 1. The molecule has 0 amide bonds. The number of hydrogen-bond donors (Lipinski definition) is 1.